The predicted molar refractivity (Wildman–Crippen MR) is 59.6 cm³/mol. The van der Waals surface area contributed by atoms with E-state index in [0.29, 0.717) is 13.2 Å². The standard InChI is InChI=1S/C11H14O2S/c14-8-2-4-9-3-1-5-10-11(9)13-7-6-12-10/h1,3,5,14H,2,4,6-8H2. The van der Waals surface area contributed by atoms with Gasteiger partial charge in [-0.3, -0.25) is 0 Å². The molecule has 76 valence electrons. The summed E-state index contributed by atoms with van der Waals surface area (Å²) in [6.45, 7) is 1.31. The van der Waals surface area contributed by atoms with Crippen LogP contribution in [0, 0.1) is 0 Å². The number of benzene rings is 1. The van der Waals surface area contributed by atoms with Crippen molar-refractivity contribution in [3.05, 3.63) is 23.8 Å². The number of rotatable bonds is 3. The number of thiol groups is 1. The quantitative estimate of drug-likeness (QED) is 0.772. The highest BCUT2D eigenvalue weighted by Gasteiger charge is 2.14. The highest BCUT2D eigenvalue weighted by molar-refractivity contribution is 7.80. The van der Waals surface area contributed by atoms with Crippen LogP contribution in [0.3, 0.4) is 0 Å². The van der Waals surface area contributed by atoms with Gasteiger partial charge in [0.05, 0.1) is 0 Å². The molecule has 0 atom stereocenters. The lowest BCUT2D eigenvalue weighted by molar-refractivity contribution is 0.170. The molecule has 2 nitrogen and oxygen atoms in total. The van der Waals surface area contributed by atoms with Crippen LogP contribution in [0.15, 0.2) is 18.2 Å². The third-order valence-corrected chi connectivity index (χ3v) is 2.57. The molecule has 0 unspecified atom stereocenters. The topological polar surface area (TPSA) is 18.5 Å². The van der Waals surface area contributed by atoms with Gasteiger partial charge in [-0.2, -0.15) is 12.6 Å². The molecule has 0 spiro atoms. The molecule has 1 aromatic rings. The van der Waals surface area contributed by atoms with E-state index >= 15 is 0 Å². The van der Waals surface area contributed by atoms with Crippen molar-refractivity contribution in [2.75, 3.05) is 19.0 Å². The smallest absolute Gasteiger partial charge is 0.164 e. The second-order valence-corrected chi connectivity index (χ2v) is 3.72. The zero-order chi connectivity index (χ0) is 9.80. The van der Waals surface area contributed by atoms with Crippen LogP contribution in [0.5, 0.6) is 11.5 Å². The summed E-state index contributed by atoms with van der Waals surface area (Å²) in [4.78, 5) is 0. The molecule has 0 saturated heterocycles. The molecule has 2 rings (SSSR count). The predicted octanol–water partition coefficient (Wildman–Crippen LogP) is 2.32. The van der Waals surface area contributed by atoms with Crippen molar-refractivity contribution in [2.45, 2.75) is 12.8 Å². The van der Waals surface area contributed by atoms with Gasteiger partial charge in [-0.05, 0) is 30.2 Å². The van der Waals surface area contributed by atoms with Crippen molar-refractivity contribution in [1.29, 1.82) is 0 Å². The van der Waals surface area contributed by atoms with E-state index in [2.05, 4.69) is 18.7 Å². The molecular weight excluding hydrogens is 196 g/mol. The van der Waals surface area contributed by atoms with E-state index in [9.17, 15) is 0 Å². The van der Waals surface area contributed by atoms with Crippen molar-refractivity contribution in [2.24, 2.45) is 0 Å². The Kier molecular flexibility index (Phi) is 3.19. The summed E-state index contributed by atoms with van der Waals surface area (Å²) in [5.41, 5.74) is 1.23. The van der Waals surface area contributed by atoms with E-state index in [1.165, 1.54) is 5.56 Å². The molecule has 0 radical (unpaired) electrons. The van der Waals surface area contributed by atoms with E-state index < -0.39 is 0 Å². The average Bonchev–Trinajstić information content (AvgIpc) is 2.26. The van der Waals surface area contributed by atoms with Gasteiger partial charge in [-0.25, -0.2) is 0 Å². The normalized spacial score (nSPS) is 14.1. The highest BCUT2D eigenvalue weighted by Crippen LogP contribution is 2.34. The molecule has 0 aromatic heterocycles. The van der Waals surface area contributed by atoms with Crippen LogP contribution in [-0.4, -0.2) is 19.0 Å². The molecular formula is C11H14O2S. The summed E-state index contributed by atoms with van der Waals surface area (Å²) in [7, 11) is 0. The van der Waals surface area contributed by atoms with Gasteiger partial charge in [0.1, 0.15) is 13.2 Å². The van der Waals surface area contributed by atoms with Gasteiger partial charge in [-0.15, -0.1) is 0 Å². The first-order chi connectivity index (χ1) is 6.92. The molecule has 14 heavy (non-hydrogen) atoms. The maximum atomic E-state index is 5.60. The first-order valence-corrected chi connectivity index (χ1v) is 5.53. The van der Waals surface area contributed by atoms with Crippen LogP contribution in [0.25, 0.3) is 0 Å². The number of hydrogen-bond acceptors (Lipinski definition) is 3. The Labute approximate surface area is 89.6 Å². The van der Waals surface area contributed by atoms with Crippen molar-refractivity contribution >= 4 is 12.6 Å². The van der Waals surface area contributed by atoms with Gasteiger partial charge in [0.2, 0.25) is 0 Å². The first-order valence-electron chi connectivity index (χ1n) is 4.90. The first kappa shape index (κ1) is 9.71. The van der Waals surface area contributed by atoms with Crippen LogP contribution in [0.2, 0.25) is 0 Å². The largest absolute Gasteiger partial charge is 0.486 e. The highest BCUT2D eigenvalue weighted by atomic mass is 32.1. The van der Waals surface area contributed by atoms with Crippen LogP contribution in [-0.2, 0) is 6.42 Å². The van der Waals surface area contributed by atoms with Gasteiger partial charge >= 0.3 is 0 Å². The van der Waals surface area contributed by atoms with Crippen LogP contribution in [0.1, 0.15) is 12.0 Å². The Morgan fingerprint density at radius 1 is 1.21 bits per heavy atom. The van der Waals surface area contributed by atoms with Crippen molar-refractivity contribution in [1.82, 2.24) is 0 Å². The Bertz CT molecular complexity index is 312. The van der Waals surface area contributed by atoms with Crippen LogP contribution < -0.4 is 9.47 Å². The van der Waals surface area contributed by atoms with Gasteiger partial charge in [-0.1, -0.05) is 12.1 Å². The number of aryl methyl sites for hydroxylation is 1. The van der Waals surface area contributed by atoms with Crippen molar-refractivity contribution in [3.63, 3.8) is 0 Å². The summed E-state index contributed by atoms with van der Waals surface area (Å²) in [6, 6.07) is 6.07. The maximum absolute atomic E-state index is 5.60. The molecule has 3 heteroatoms. The minimum Gasteiger partial charge on any atom is -0.486 e. The zero-order valence-corrected chi connectivity index (χ0v) is 8.93. The third kappa shape index (κ3) is 1.98. The monoisotopic (exact) mass is 210 g/mol. The summed E-state index contributed by atoms with van der Waals surface area (Å²) >= 11 is 4.21. The van der Waals surface area contributed by atoms with E-state index in [1.54, 1.807) is 0 Å². The summed E-state index contributed by atoms with van der Waals surface area (Å²) in [6.07, 6.45) is 2.08. The summed E-state index contributed by atoms with van der Waals surface area (Å²) < 4.78 is 11.1. The molecule has 0 aliphatic carbocycles. The lowest BCUT2D eigenvalue weighted by Crippen LogP contribution is -2.16. The maximum Gasteiger partial charge on any atom is 0.164 e. The lowest BCUT2D eigenvalue weighted by Gasteiger charge is -2.20. The Balaban J connectivity index is 2.21. The van der Waals surface area contributed by atoms with E-state index in [4.69, 9.17) is 9.47 Å². The number of para-hydroxylation sites is 1. The van der Waals surface area contributed by atoms with Gasteiger partial charge in [0.15, 0.2) is 11.5 Å². The Morgan fingerprint density at radius 3 is 2.93 bits per heavy atom. The number of hydrogen-bond donors (Lipinski definition) is 1. The molecule has 0 N–H and O–H groups in total. The molecule has 1 heterocycles. The van der Waals surface area contributed by atoms with E-state index in [-0.39, 0.29) is 0 Å². The second kappa shape index (κ2) is 4.60. The molecule has 1 aliphatic rings. The average molecular weight is 210 g/mol. The minimum atomic E-state index is 0.656. The van der Waals surface area contributed by atoms with Crippen molar-refractivity contribution < 1.29 is 9.47 Å². The van der Waals surface area contributed by atoms with Crippen LogP contribution >= 0.6 is 12.6 Å². The third-order valence-electron chi connectivity index (χ3n) is 2.25. The number of ether oxygens (including phenoxy) is 2. The Morgan fingerprint density at radius 2 is 2.07 bits per heavy atom. The molecule has 1 aromatic carbocycles. The fourth-order valence-corrected chi connectivity index (χ4v) is 1.76. The molecule has 0 fully saturated rings. The van der Waals surface area contributed by atoms with E-state index in [0.717, 1.165) is 30.1 Å². The van der Waals surface area contributed by atoms with Crippen LogP contribution in [0.4, 0.5) is 0 Å². The summed E-state index contributed by atoms with van der Waals surface area (Å²) in [5.74, 6) is 2.72. The SMILES string of the molecule is SCCCc1cccc2c1OCCO2. The lowest BCUT2D eigenvalue weighted by atomic mass is 10.1. The molecule has 0 amide bonds. The minimum absolute atomic E-state index is 0.656. The second-order valence-electron chi connectivity index (χ2n) is 3.27. The number of fused-ring (bicyclic) bond motifs is 1. The van der Waals surface area contributed by atoms with Gasteiger partial charge in [0, 0.05) is 0 Å². The Hall–Kier alpha value is -0.830. The molecule has 1 aliphatic heterocycles. The van der Waals surface area contributed by atoms with Gasteiger partial charge < -0.3 is 9.47 Å². The fourth-order valence-electron chi connectivity index (χ4n) is 1.60. The molecule has 0 saturated carbocycles. The molecule has 0 bridgehead atoms. The fraction of sp³-hybridized carbons (Fsp3) is 0.455. The zero-order valence-electron chi connectivity index (χ0n) is 8.03. The summed E-state index contributed by atoms with van der Waals surface area (Å²) in [5, 5.41) is 0. The van der Waals surface area contributed by atoms with Gasteiger partial charge in [0.25, 0.3) is 0 Å². The van der Waals surface area contributed by atoms with E-state index in [1.807, 2.05) is 12.1 Å². The van der Waals surface area contributed by atoms with Crippen molar-refractivity contribution in [3.8, 4) is 11.5 Å².